The van der Waals surface area contributed by atoms with Crippen LogP contribution < -0.4 is 0 Å². The second kappa shape index (κ2) is 6.00. The first-order chi connectivity index (χ1) is 7.50. The van der Waals surface area contributed by atoms with E-state index in [2.05, 4.69) is 13.8 Å². The minimum atomic E-state index is -0.112. The van der Waals surface area contributed by atoms with Crippen molar-refractivity contribution in [3.63, 3.8) is 0 Å². The molecule has 0 aliphatic rings. The van der Waals surface area contributed by atoms with E-state index in [1.165, 1.54) is 0 Å². The first-order valence-electron chi connectivity index (χ1n) is 5.90. The SMILES string of the molecule is CC(C)OCCc1ccc(C(C)C)cc1F. The van der Waals surface area contributed by atoms with E-state index in [-0.39, 0.29) is 11.9 Å². The van der Waals surface area contributed by atoms with Crippen molar-refractivity contribution in [2.45, 2.75) is 46.1 Å². The molecule has 0 fully saturated rings. The van der Waals surface area contributed by atoms with Crippen molar-refractivity contribution in [2.24, 2.45) is 0 Å². The van der Waals surface area contributed by atoms with Crippen molar-refractivity contribution < 1.29 is 9.13 Å². The molecule has 0 amide bonds. The molecule has 0 saturated carbocycles. The van der Waals surface area contributed by atoms with Crippen LogP contribution in [0.3, 0.4) is 0 Å². The average Bonchev–Trinajstić information content (AvgIpc) is 2.19. The van der Waals surface area contributed by atoms with E-state index in [0.717, 1.165) is 11.1 Å². The Balaban J connectivity index is 2.61. The summed E-state index contributed by atoms with van der Waals surface area (Å²) in [5.41, 5.74) is 1.79. The maximum Gasteiger partial charge on any atom is 0.126 e. The number of halogens is 1. The first kappa shape index (κ1) is 13.2. The molecule has 0 unspecified atom stereocenters. The standard InChI is InChI=1S/C14H21FO/c1-10(2)13-6-5-12(14(15)9-13)7-8-16-11(3)4/h5-6,9-11H,7-8H2,1-4H3. The van der Waals surface area contributed by atoms with Crippen LogP contribution >= 0.6 is 0 Å². The summed E-state index contributed by atoms with van der Waals surface area (Å²) in [6.07, 6.45) is 0.848. The van der Waals surface area contributed by atoms with Crippen LogP contribution in [0.15, 0.2) is 18.2 Å². The van der Waals surface area contributed by atoms with E-state index in [4.69, 9.17) is 4.74 Å². The third-order valence-corrected chi connectivity index (χ3v) is 2.57. The van der Waals surface area contributed by atoms with E-state index in [1.54, 1.807) is 6.07 Å². The number of hydrogen-bond acceptors (Lipinski definition) is 1. The lowest BCUT2D eigenvalue weighted by Crippen LogP contribution is -2.07. The molecule has 0 atom stereocenters. The van der Waals surface area contributed by atoms with E-state index >= 15 is 0 Å². The van der Waals surface area contributed by atoms with Crippen LogP contribution in [0, 0.1) is 5.82 Å². The highest BCUT2D eigenvalue weighted by Gasteiger charge is 2.06. The molecule has 1 aromatic carbocycles. The Morgan fingerprint density at radius 1 is 1.19 bits per heavy atom. The van der Waals surface area contributed by atoms with Crippen LogP contribution in [0.5, 0.6) is 0 Å². The molecular weight excluding hydrogens is 203 g/mol. The summed E-state index contributed by atoms with van der Waals surface area (Å²) >= 11 is 0. The maximum absolute atomic E-state index is 13.7. The fourth-order valence-electron chi connectivity index (χ4n) is 1.53. The zero-order valence-corrected chi connectivity index (χ0v) is 10.6. The maximum atomic E-state index is 13.7. The predicted molar refractivity (Wildman–Crippen MR) is 65.3 cm³/mol. The molecule has 1 rings (SSSR count). The van der Waals surface area contributed by atoms with Crippen LogP contribution in [0.1, 0.15) is 44.7 Å². The molecule has 0 spiro atoms. The molecule has 2 heteroatoms. The van der Waals surface area contributed by atoms with Crippen molar-refractivity contribution in [1.82, 2.24) is 0 Å². The highest BCUT2D eigenvalue weighted by molar-refractivity contribution is 5.26. The van der Waals surface area contributed by atoms with Gasteiger partial charge in [0.2, 0.25) is 0 Å². The minimum absolute atomic E-state index is 0.112. The summed E-state index contributed by atoms with van der Waals surface area (Å²) in [7, 11) is 0. The van der Waals surface area contributed by atoms with Gasteiger partial charge in [-0.25, -0.2) is 4.39 Å². The topological polar surface area (TPSA) is 9.23 Å². The smallest absolute Gasteiger partial charge is 0.126 e. The van der Waals surface area contributed by atoms with E-state index < -0.39 is 0 Å². The van der Waals surface area contributed by atoms with Crippen molar-refractivity contribution >= 4 is 0 Å². The molecule has 1 aromatic rings. The molecule has 0 saturated heterocycles. The second-order valence-corrected chi connectivity index (χ2v) is 4.68. The number of benzene rings is 1. The Labute approximate surface area is 97.6 Å². The molecule has 0 aliphatic carbocycles. The number of hydrogen-bond donors (Lipinski definition) is 0. The van der Waals surface area contributed by atoms with E-state index in [9.17, 15) is 4.39 Å². The molecule has 0 aliphatic heterocycles. The molecule has 0 aromatic heterocycles. The van der Waals surface area contributed by atoms with Gasteiger partial charge in [0.1, 0.15) is 5.82 Å². The lowest BCUT2D eigenvalue weighted by Gasteiger charge is -2.10. The van der Waals surface area contributed by atoms with Crippen LogP contribution in [-0.2, 0) is 11.2 Å². The zero-order valence-electron chi connectivity index (χ0n) is 10.6. The minimum Gasteiger partial charge on any atom is -0.378 e. The molecule has 0 N–H and O–H groups in total. The predicted octanol–water partition coefficient (Wildman–Crippen LogP) is 3.92. The fraction of sp³-hybridized carbons (Fsp3) is 0.571. The summed E-state index contributed by atoms with van der Waals surface area (Å²) in [5.74, 6) is 0.258. The van der Waals surface area contributed by atoms with Gasteiger partial charge in [0.15, 0.2) is 0 Å². The molecule has 0 bridgehead atoms. The monoisotopic (exact) mass is 224 g/mol. The van der Waals surface area contributed by atoms with E-state index in [1.807, 2.05) is 26.0 Å². The van der Waals surface area contributed by atoms with Gasteiger partial charge in [-0.05, 0) is 43.4 Å². The molecule has 90 valence electrons. The van der Waals surface area contributed by atoms with Gasteiger partial charge in [-0.15, -0.1) is 0 Å². The van der Waals surface area contributed by atoms with E-state index in [0.29, 0.717) is 18.9 Å². The van der Waals surface area contributed by atoms with Crippen molar-refractivity contribution in [2.75, 3.05) is 6.61 Å². The second-order valence-electron chi connectivity index (χ2n) is 4.68. The highest BCUT2D eigenvalue weighted by Crippen LogP contribution is 2.18. The molecular formula is C14H21FO. The van der Waals surface area contributed by atoms with Gasteiger partial charge in [-0.3, -0.25) is 0 Å². The summed E-state index contributed by atoms with van der Waals surface area (Å²) in [4.78, 5) is 0. The van der Waals surface area contributed by atoms with Gasteiger partial charge in [-0.1, -0.05) is 26.0 Å². The third kappa shape index (κ3) is 3.93. The molecule has 16 heavy (non-hydrogen) atoms. The van der Waals surface area contributed by atoms with Crippen LogP contribution in [0.4, 0.5) is 4.39 Å². The van der Waals surface area contributed by atoms with Gasteiger partial charge in [0.05, 0.1) is 12.7 Å². The van der Waals surface area contributed by atoms with Crippen LogP contribution in [0.2, 0.25) is 0 Å². The Morgan fingerprint density at radius 3 is 2.38 bits per heavy atom. The van der Waals surface area contributed by atoms with Crippen LogP contribution in [-0.4, -0.2) is 12.7 Å². The molecule has 0 heterocycles. The third-order valence-electron chi connectivity index (χ3n) is 2.57. The van der Waals surface area contributed by atoms with Crippen molar-refractivity contribution in [1.29, 1.82) is 0 Å². The number of rotatable bonds is 5. The normalized spacial score (nSPS) is 11.4. The molecule has 1 nitrogen and oxygen atoms in total. The largest absolute Gasteiger partial charge is 0.378 e. The Bertz CT molecular complexity index is 332. The highest BCUT2D eigenvalue weighted by atomic mass is 19.1. The lowest BCUT2D eigenvalue weighted by atomic mass is 10.0. The average molecular weight is 224 g/mol. The Morgan fingerprint density at radius 2 is 1.88 bits per heavy atom. The van der Waals surface area contributed by atoms with Crippen molar-refractivity contribution in [3.05, 3.63) is 35.1 Å². The lowest BCUT2D eigenvalue weighted by molar-refractivity contribution is 0.0809. The first-order valence-corrected chi connectivity index (χ1v) is 5.90. The Hall–Kier alpha value is -0.890. The fourth-order valence-corrected chi connectivity index (χ4v) is 1.53. The Kier molecular flexibility index (Phi) is 4.94. The van der Waals surface area contributed by atoms with Gasteiger partial charge < -0.3 is 4.74 Å². The van der Waals surface area contributed by atoms with Crippen LogP contribution in [0.25, 0.3) is 0 Å². The van der Waals surface area contributed by atoms with Gasteiger partial charge >= 0.3 is 0 Å². The summed E-state index contributed by atoms with van der Waals surface area (Å²) < 4.78 is 19.1. The molecule has 0 radical (unpaired) electrons. The van der Waals surface area contributed by atoms with Gasteiger partial charge in [0.25, 0.3) is 0 Å². The summed E-state index contributed by atoms with van der Waals surface area (Å²) in [5, 5.41) is 0. The zero-order chi connectivity index (χ0) is 12.1. The van der Waals surface area contributed by atoms with Gasteiger partial charge in [-0.2, -0.15) is 0 Å². The summed E-state index contributed by atoms with van der Waals surface area (Å²) in [6.45, 7) is 8.68. The quantitative estimate of drug-likeness (QED) is 0.736. The summed E-state index contributed by atoms with van der Waals surface area (Å²) in [6, 6.07) is 5.50. The number of ether oxygens (including phenoxy) is 1. The van der Waals surface area contributed by atoms with Crippen molar-refractivity contribution in [3.8, 4) is 0 Å². The van der Waals surface area contributed by atoms with Gasteiger partial charge in [0, 0.05) is 0 Å².